The van der Waals surface area contributed by atoms with Crippen LogP contribution in [0.4, 0.5) is 0 Å². The Labute approximate surface area is 220 Å². The van der Waals surface area contributed by atoms with E-state index in [1.807, 2.05) is 54.6 Å². The predicted octanol–water partition coefficient (Wildman–Crippen LogP) is -1.74. The van der Waals surface area contributed by atoms with Crippen molar-refractivity contribution in [1.82, 2.24) is 9.97 Å². The number of nitrogens with zero attached hydrogens (tertiary/aromatic N) is 2. The third-order valence-electron chi connectivity index (χ3n) is 5.27. The molecule has 0 radical (unpaired) electrons. The summed E-state index contributed by atoms with van der Waals surface area (Å²) >= 11 is 0. The Morgan fingerprint density at radius 2 is 1.12 bits per heavy atom. The molecule has 5 nitrogen and oxygen atoms in total. The van der Waals surface area contributed by atoms with Crippen LogP contribution >= 0.6 is 0 Å². The molecule has 0 saturated heterocycles. The minimum atomic E-state index is -0.0110. The molecule has 0 fully saturated rings. The zero-order valence-electron chi connectivity index (χ0n) is 19.0. The molecule has 154 valence electrons. The van der Waals surface area contributed by atoms with E-state index >= 15 is 0 Å². The number of H-pyrrole nitrogens is 1. The van der Waals surface area contributed by atoms with Crippen molar-refractivity contribution < 1.29 is 52.9 Å². The van der Waals surface area contributed by atoms with Crippen LogP contribution in [0.15, 0.2) is 103 Å². The van der Waals surface area contributed by atoms with Gasteiger partial charge in [0.15, 0.2) is 0 Å². The minimum Gasteiger partial charge on any atom is -0.872 e. The number of nitrogens with one attached hydrogen (secondary N) is 1. The molecule has 0 spiro atoms. The van der Waals surface area contributed by atoms with Crippen LogP contribution in [0.3, 0.4) is 0 Å². The van der Waals surface area contributed by atoms with Gasteiger partial charge in [-0.3, -0.25) is 4.98 Å². The van der Waals surface area contributed by atoms with E-state index in [2.05, 4.69) is 27.1 Å². The number of pyridine rings is 3. The summed E-state index contributed by atoms with van der Waals surface area (Å²) in [6.07, 6.45) is 3.41. The van der Waals surface area contributed by atoms with Crippen molar-refractivity contribution in [3.05, 3.63) is 103 Å². The molecule has 0 bridgehead atoms. The van der Waals surface area contributed by atoms with Gasteiger partial charge in [0.05, 0.1) is 5.52 Å². The molecule has 0 unspecified atom stereocenters. The number of aromatic nitrogens is 3. The summed E-state index contributed by atoms with van der Waals surface area (Å²) < 4.78 is 0. The van der Waals surface area contributed by atoms with Crippen LogP contribution in [0.25, 0.3) is 44.0 Å². The summed E-state index contributed by atoms with van der Waals surface area (Å²) in [7, 11) is 0. The second-order valence-corrected chi connectivity index (χ2v) is 7.30. The Bertz CT molecular complexity index is 1570. The Kier molecular flexibility index (Phi) is 8.34. The van der Waals surface area contributed by atoms with Crippen molar-refractivity contribution >= 4 is 32.7 Å². The quantitative estimate of drug-likeness (QED) is 0.229. The minimum absolute atomic E-state index is 0. The topological polar surface area (TPSA) is 86.0 Å². The number of rotatable bonds is 1. The monoisotopic (exact) mass is 430 g/mol. The van der Waals surface area contributed by atoms with Gasteiger partial charge in [-0.25, -0.2) is 9.97 Å². The maximum Gasteiger partial charge on any atom is 1.00 e. The molecule has 1 N–H and O–H groups in total. The van der Waals surface area contributed by atoms with Gasteiger partial charge in [0, 0.05) is 34.8 Å². The van der Waals surface area contributed by atoms with Crippen molar-refractivity contribution in [2.45, 2.75) is 0 Å². The maximum absolute atomic E-state index is 12.0. The van der Waals surface area contributed by atoms with E-state index in [-0.39, 0.29) is 49.2 Å². The summed E-state index contributed by atoms with van der Waals surface area (Å²) in [5.41, 5.74) is 3.91. The molecule has 0 amide bonds. The Hall–Kier alpha value is -3.32. The molecular formula is C27H18Li2N3O2+. The number of hydrogen-bond donors (Lipinski definition) is 0. The number of fused-ring (bicyclic) bond motifs is 4. The smallest absolute Gasteiger partial charge is 0.872 e. The van der Waals surface area contributed by atoms with Crippen LogP contribution < -0.4 is 52.9 Å². The van der Waals surface area contributed by atoms with Crippen molar-refractivity contribution in [2.75, 3.05) is 0 Å². The third kappa shape index (κ3) is 5.10. The number of benzene rings is 3. The first-order chi connectivity index (χ1) is 15.7. The van der Waals surface area contributed by atoms with Gasteiger partial charge >= 0.3 is 37.7 Å². The molecule has 0 aliphatic rings. The van der Waals surface area contributed by atoms with Gasteiger partial charge in [0.2, 0.25) is 11.2 Å². The van der Waals surface area contributed by atoms with Gasteiger partial charge in [0.1, 0.15) is 5.52 Å². The Balaban J connectivity index is 0.000000213. The maximum atomic E-state index is 12.0. The standard InChI is InChI=1S/C18H12N2O.C9H7NO.2Li/c21-16-6-2-1-5-14(16)15-10-9-13-8-7-12-4-3-11-19-17(12)18(13)20-15;11-8-5-1-3-7-4-2-6-10-9(7)8;;/h1-11,21H;1-6,11H;;/q;;2*+1/p-1. The van der Waals surface area contributed by atoms with E-state index in [1.165, 1.54) is 6.07 Å². The van der Waals surface area contributed by atoms with Gasteiger partial charge in [-0.15, -0.1) is 0 Å². The SMILES string of the molecule is [Li+].[Li+].[O-]c1cccc2cccnc12.[O-]c1ccccc1-c1ccc2ccc3cccnc3c2[nH+]1. The van der Waals surface area contributed by atoms with E-state index in [0.29, 0.717) is 11.1 Å². The summed E-state index contributed by atoms with van der Waals surface area (Å²) in [6, 6.07) is 27.9. The fourth-order valence-electron chi connectivity index (χ4n) is 3.70. The zero-order valence-corrected chi connectivity index (χ0v) is 19.0. The summed E-state index contributed by atoms with van der Waals surface area (Å²) in [5.74, 6) is 0.00407. The van der Waals surface area contributed by atoms with E-state index in [0.717, 1.165) is 32.9 Å². The molecule has 6 aromatic rings. The van der Waals surface area contributed by atoms with Gasteiger partial charge < -0.3 is 10.2 Å². The normalized spacial score (nSPS) is 10.1. The van der Waals surface area contributed by atoms with Crippen molar-refractivity contribution in [1.29, 1.82) is 0 Å². The fourth-order valence-corrected chi connectivity index (χ4v) is 3.70. The van der Waals surface area contributed by atoms with Crippen LogP contribution in [0.1, 0.15) is 0 Å². The van der Waals surface area contributed by atoms with Crippen LogP contribution in [0, 0.1) is 0 Å². The molecule has 0 saturated carbocycles. The molecule has 6 rings (SSSR count). The summed E-state index contributed by atoms with van der Waals surface area (Å²) in [5, 5.41) is 26.2. The first-order valence-electron chi connectivity index (χ1n) is 10.2. The van der Waals surface area contributed by atoms with Gasteiger partial charge in [-0.05, 0) is 35.7 Å². The molecule has 0 aliphatic heterocycles. The van der Waals surface area contributed by atoms with Crippen molar-refractivity contribution in [2.24, 2.45) is 0 Å². The van der Waals surface area contributed by atoms with Crippen molar-refractivity contribution in [3.63, 3.8) is 0 Å². The third-order valence-corrected chi connectivity index (χ3v) is 5.27. The second-order valence-electron chi connectivity index (χ2n) is 7.30. The molecule has 3 heterocycles. The van der Waals surface area contributed by atoms with Gasteiger partial charge in [-0.2, -0.15) is 0 Å². The second kappa shape index (κ2) is 11.2. The first-order valence-corrected chi connectivity index (χ1v) is 10.2. The van der Waals surface area contributed by atoms with Gasteiger partial charge in [-0.1, -0.05) is 66.1 Å². The first kappa shape index (κ1) is 25.3. The average Bonchev–Trinajstić information content (AvgIpc) is 2.85. The van der Waals surface area contributed by atoms with Crippen LogP contribution in [-0.2, 0) is 0 Å². The molecule has 0 aliphatic carbocycles. The van der Waals surface area contributed by atoms with Crippen LogP contribution in [0.5, 0.6) is 11.5 Å². The van der Waals surface area contributed by atoms with Crippen LogP contribution in [-0.4, -0.2) is 9.97 Å². The molecule has 3 aromatic carbocycles. The van der Waals surface area contributed by atoms with E-state index in [9.17, 15) is 10.2 Å². The summed E-state index contributed by atoms with van der Waals surface area (Å²) in [6.45, 7) is 0. The molecular weight excluding hydrogens is 412 g/mol. The van der Waals surface area contributed by atoms with E-state index < -0.39 is 0 Å². The Morgan fingerprint density at radius 1 is 0.529 bits per heavy atom. The Morgan fingerprint density at radius 3 is 1.85 bits per heavy atom. The number of aromatic amines is 1. The number of para-hydroxylation sites is 2. The fraction of sp³-hybridized carbons (Fsp3) is 0. The van der Waals surface area contributed by atoms with Crippen molar-refractivity contribution in [3.8, 4) is 22.8 Å². The summed E-state index contributed by atoms with van der Waals surface area (Å²) in [4.78, 5) is 11.8. The average molecular weight is 430 g/mol. The molecule has 3 aromatic heterocycles. The number of hydrogen-bond acceptors (Lipinski definition) is 4. The van der Waals surface area contributed by atoms with Gasteiger partial charge in [0.25, 0.3) is 0 Å². The predicted molar refractivity (Wildman–Crippen MR) is 122 cm³/mol. The van der Waals surface area contributed by atoms with Crippen LogP contribution in [0.2, 0.25) is 0 Å². The molecule has 0 atom stereocenters. The zero-order chi connectivity index (χ0) is 21.9. The van der Waals surface area contributed by atoms with E-state index in [1.54, 1.807) is 30.6 Å². The molecule has 34 heavy (non-hydrogen) atoms. The largest absolute Gasteiger partial charge is 1.00 e. The van der Waals surface area contributed by atoms with E-state index in [4.69, 9.17) is 0 Å². The molecule has 7 heteroatoms.